The molecule has 0 atom stereocenters. The molecule has 1 aliphatic heterocycles. The van der Waals surface area contributed by atoms with Gasteiger partial charge in [-0.2, -0.15) is 0 Å². The molecule has 6 heteroatoms. The first-order chi connectivity index (χ1) is 14.0. The van der Waals surface area contributed by atoms with Crippen LogP contribution in [0.15, 0.2) is 59.0 Å². The Balaban J connectivity index is 1.94. The van der Waals surface area contributed by atoms with E-state index in [2.05, 4.69) is 24.3 Å². The van der Waals surface area contributed by atoms with Crippen LogP contribution in [0, 0.1) is 0 Å². The van der Waals surface area contributed by atoms with Crippen LogP contribution in [0.1, 0.15) is 30.9 Å². The number of benzene rings is 2. The van der Waals surface area contributed by atoms with Gasteiger partial charge < -0.3 is 9.64 Å². The third kappa shape index (κ3) is 5.22. The summed E-state index contributed by atoms with van der Waals surface area (Å²) in [6.45, 7) is 3.11. The Bertz CT molecular complexity index is 907. The minimum atomic E-state index is -0.275. The molecular formula is C23H24ClNO3S. The van der Waals surface area contributed by atoms with Gasteiger partial charge in [0.15, 0.2) is 0 Å². The van der Waals surface area contributed by atoms with Crippen molar-refractivity contribution >= 4 is 40.8 Å². The van der Waals surface area contributed by atoms with Crippen LogP contribution < -0.4 is 0 Å². The van der Waals surface area contributed by atoms with Crippen molar-refractivity contribution in [2.75, 3.05) is 26.0 Å². The Morgan fingerprint density at radius 1 is 1.10 bits per heavy atom. The van der Waals surface area contributed by atoms with Crippen molar-refractivity contribution in [1.29, 1.82) is 0 Å². The highest BCUT2D eigenvalue weighted by atomic mass is 35.5. The smallest absolute Gasteiger partial charge is 0.307 e. The molecule has 0 unspecified atom stereocenters. The summed E-state index contributed by atoms with van der Waals surface area (Å²) in [5, 5.41) is 0.657. The minimum Gasteiger partial charge on any atom is -0.466 e. The molecule has 1 heterocycles. The van der Waals surface area contributed by atoms with E-state index in [4.69, 9.17) is 16.3 Å². The quantitative estimate of drug-likeness (QED) is 0.351. The third-order valence-corrected chi connectivity index (χ3v) is 5.88. The first kappa shape index (κ1) is 21.5. The summed E-state index contributed by atoms with van der Waals surface area (Å²) in [6, 6.07) is 15.8. The summed E-state index contributed by atoms with van der Waals surface area (Å²) in [4.78, 5) is 27.7. The maximum atomic E-state index is 13.1. The van der Waals surface area contributed by atoms with Gasteiger partial charge in [-0.15, -0.1) is 11.8 Å². The lowest BCUT2D eigenvalue weighted by molar-refractivity contribution is -0.143. The van der Waals surface area contributed by atoms with Crippen LogP contribution >= 0.6 is 23.4 Å². The Labute approximate surface area is 180 Å². The van der Waals surface area contributed by atoms with Gasteiger partial charge in [0.1, 0.15) is 0 Å². The van der Waals surface area contributed by atoms with Gasteiger partial charge in [0.05, 0.1) is 13.0 Å². The van der Waals surface area contributed by atoms with Gasteiger partial charge >= 0.3 is 5.97 Å². The highest BCUT2D eigenvalue weighted by Gasteiger charge is 2.30. The van der Waals surface area contributed by atoms with Gasteiger partial charge in [0.2, 0.25) is 0 Å². The number of thioether (sulfide) groups is 1. The summed E-state index contributed by atoms with van der Waals surface area (Å²) >= 11 is 7.75. The molecule has 0 aromatic heterocycles. The molecule has 29 heavy (non-hydrogen) atoms. The fraction of sp³-hybridized carbons (Fsp3) is 0.304. The number of carbonyl (C=O) groups is 2. The molecule has 3 rings (SSSR count). The van der Waals surface area contributed by atoms with E-state index in [1.165, 1.54) is 4.90 Å². The van der Waals surface area contributed by atoms with E-state index >= 15 is 0 Å². The van der Waals surface area contributed by atoms with Crippen molar-refractivity contribution in [1.82, 2.24) is 4.90 Å². The van der Waals surface area contributed by atoms with Crippen molar-refractivity contribution in [2.45, 2.75) is 24.7 Å². The zero-order valence-electron chi connectivity index (χ0n) is 16.6. The molecule has 1 amide bonds. The Kier molecular flexibility index (Phi) is 7.40. The molecule has 152 valence electrons. The van der Waals surface area contributed by atoms with Crippen molar-refractivity contribution in [3.63, 3.8) is 0 Å². The monoisotopic (exact) mass is 429 g/mol. The van der Waals surface area contributed by atoms with Gasteiger partial charge in [0, 0.05) is 28.6 Å². The predicted octanol–water partition coefficient (Wildman–Crippen LogP) is 5.05. The number of halogens is 1. The molecule has 0 N–H and O–H groups in total. The Hall–Kier alpha value is -2.24. The standard InChI is InChI=1S/C23H24ClNO3S/c1-3-28-21(26)13-15-25-14-12-20(23(25)27)22(16-4-8-18(24)9-5-16)17-6-10-19(29-2)11-7-17/h4-11H,3,12-15H2,1-2H3. The van der Waals surface area contributed by atoms with E-state index in [0.717, 1.165) is 22.3 Å². The Morgan fingerprint density at radius 2 is 1.72 bits per heavy atom. The van der Waals surface area contributed by atoms with Crippen LogP contribution in [0.2, 0.25) is 5.02 Å². The molecule has 2 aromatic carbocycles. The SMILES string of the molecule is CCOC(=O)CCN1CCC(=C(c2ccc(Cl)cc2)c2ccc(SC)cc2)C1=O. The third-order valence-electron chi connectivity index (χ3n) is 4.88. The first-order valence-corrected chi connectivity index (χ1v) is 11.2. The molecule has 1 fully saturated rings. The van der Waals surface area contributed by atoms with Gasteiger partial charge in [-0.3, -0.25) is 9.59 Å². The van der Waals surface area contributed by atoms with E-state index in [-0.39, 0.29) is 18.3 Å². The Morgan fingerprint density at radius 3 is 2.31 bits per heavy atom. The van der Waals surface area contributed by atoms with Crippen LogP contribution in [-0.2, 0) is 14.3 Å². The van der Waals surface area contributed by atoms with Gasteiger partial charge in [-0.05, 0) is 60.6 Å². The second-order valence-electron chi connectivity index (χ2n) is 6.69. The van der Waals surface area contributed by atoms with Gasteiger partial charge in [-0.1, -0.05) is 35.9 Å². The van der Waals surface area contributed by atoms with Crippen LogP contribution in [-0.4, -0.2) is 42.7 Å². The fourth-order valence-electron chi connectivity index (χ4n) is 3.44. The fourth-order valence-corrected chi connectivity index (χ4v) is 3.97. The van der Waals surface area contributed by atoms with E-state index in [1.54, 1.807) is 23.6 Å². The van der Waals surface area contributed by atoms with E-state index in [9.17, 15) is 9.59 Å². The van der Waals surface area contributed by atoms with Gasteiger partial charge in [0.25, 0.3) is 5.91 Å². The average molecular weight is 430 g/mol. The largest absolute Gasteiger partial charge is 0.466 e. The average Bonchev–Trinajstić information content (AvgIpc) is 3.09. The number of hydrogen-bond acceptors (Lipinski definition) is 4. The second-order valence-corrected chi connectivity index (χ2v) is 8.00. The first-order valence-electron chi connectivity index (χ1n) is 9.62. The molecule has 2 aromatic rings. The molecule has 4 nitrogen and oxygen atoms in total. The molecule has 0 bridgehead atoms. The summed E-state index contributed by atoms with van der Waals surface area (Å²) in [7, 11) is 0. The normalized spacial score (nSPS) is 15.6. The predicted molar refractivity (Wildman–Crippen MR) is 118 cm³/mol. The summed E-state index contributed by atoms with van der Waals surface area (Å²) < 4.78 is 4.98. The summed E-state index contributed by atoms with van der Waals surface area (Å²) in [5.41, 5.74) is 3.66. The number of esters is 1. The topological polar surface area (TPSA) is 46.6 Å². The number of amides is 1. The lowest BCUT2D eigenvalue weighted by atomic mass is 9.92. The van der Waals surface area contributed by atoms with Crippen molar-refractivity contribution in [3.8, 4) is 0 Å². The van der Waals surface area contributed by atoms with Crippen LogP contribution in [0.3, 0.4) is 0 Å². The summed E-state index contributed by atoms with van der Waals surface area (Å²) in [6.07, 6.45) is 2.89. The van der Waals surface area contributed by atoms with Crippen LogP contribution in [0.5, 0.6) is 0 Å². The molecule has 1 aliphatic rings. The number of carbonyl (C=O) groups excluding carboxylic acids is 2. The maximum Gasteiger partial charge on any atom is 0.307 e. The molecule has 0 spiro atoms. The number of likely N-dealkylation sites (tertiary alicyclic amines) is 1. The zero-order chi connectivity index (χ0) is 20.8. The van der Waals surface area contributed by atoms with Crippen LogP contribution in [0.4, 0.5) is 0 Å². The molecule has 0 saturated carbocycles. The van der Waals surface area contributed by atoms with E-state index in [1.807, 2.05) is 30.5 Å². The van der Waals surface area contributed by atoms with Crippen molar-refractivity contribution < 1.29 is 14.3 Å². The minimum absolute atomic E-state index is 0.0202. The molecule has 1 saturated heterocycles. The lowest BCUT2D eigenvalue weighted by Crippen LogP contribution is -2.28. The molecule has 0 radical (unpaired) electrons. The number of rotatable bonds is 7. The molecular weight excluding hydrogens is 406 g/mol. The second kappa shape index (κ2) is 9.99. The van der Waals surface area contributed by atoms with E-state index < -0.39 is 0 Å². The summed E-state index contributed by atoms with van der Waals surface area (Å²) in [5.74, 6) is -0.295. The van der Waals surface area contributed by atoms with Gasteiger partial charge in [-0.25, -0.2) is 0 Å². The van der Waals surface area contributed by atoms with E-state index in [0.29, 0.717) is 31.1 Å². The number of hydrogen-bond donors (Lipinski definition) is 0. The van der Waals surface area contributed by atoms with Crippen molar-refractivity contribution in [2.24, 2.45) is 0 Å². The van der Waals surface area contributed by atoms with Crippen molar-refractivity contribution in [3.05, 3.63) is 70.3 Å². The number of ether oxygens (including phenoxy) is 1. The maximum absolute atomic E-state index is 13.1. The highest BCUT2D eigenvalue weighted by Crippen LogP contribution is 2.34. The molecule has 0 aliphatic carbocycles. The van der Waals surface area contributed by atoms with Crippen LogP contribution in [0.25, 0.3) is 5.57 Å². The highest BCUT2D eigenvalue weighted by molar-refractivity contribution is 7.98. The number of nitrogens with zero attached hydrogens (tertiary/aromatic N) is 1. The lowest BCUT2D eigenvalue weighted by Gasteiger charge is -2.16. The zero-order valence-corrected chi connectivity index (χ0v) is 18.2.